The van der Waals surface area contributed by atoms with Crippen molar-refractivity contribution in [2.24, 2.45) is 17.3 Å². The maximum atomic E-state index is 3.42. The first kappa shape index (κ1) is 16.5. The topological polar surface area (TPSA) is 12.0 Å². The predicted molar refractivity (Wildman–Crippen MR) is 92.9 cm³/mol. The van der Waals surface area contributed by atoms with Gasteiger partial charge in [0.25, 0.3) is 0 Å². The van der Waals surface area contributed by atoms with Crippen LogP contribution in [0.4, 0.5) is 0 Å². The zero-order valence-corrected chi connectivity index (χ0v) is 14.8. The number of benzene rings is 1. The minimum Gasteiger partial charge on any atom is -0.319 e. The molecule has 21 heavy (non-hydrogen) atoms. The van der Waals surface area contributed by atoms with Crippen molar-refractivity contribution in [2.75, 3.05) is 13.6 Å². The molecule has 1 aliphatic rings. The maximum Gasteiger partial charge on any atom is -0.00177 e. The molecule has 0 amide bonds. The van der Waals surface area contributed by atoms with E-state index in [0.29, 0.717) is 5.41 Å². The summed E-state index contributed by atoms with van der Waals surface area (Å²) in [5.41, 5.74) is 4.89. The summed E-state index contributed by atoms with van der Waals surface area (Å²) in [6, 6.07) is 7.04. The second-order valence-electron chi connectivity index (χ2n) is 8.16. The van der Waals surface area contributed by atoms with Crippen LogP contribution < -0.4 is 5.32 Å². The molecule has 0 spiro atoms. The lowest BCUT2D eigenvalue weighted by atomic mass is 9.63. The molecule has 0 saturated heterocycles. The van der Waals surface area contributed by atoms with Crippen LogP contribution in [0.5, 0.6) is 0 Å². The van der Waals surface area contributed by atoms with Crippen molar-refractivity contribution in [3.63, 3.8) is 0 Å². The highest BCUT2D eigenvalue weighted by atomic mass is 14.8. The Morgan fingerprint density at radius 2 is 1.86 bits per heavy atom. The van der Waals surface area contributed by atoms with Crippen LogP contribution in [-0.4, -0.2) is 13.6 Å². The summed E-state index contributed by atoms with van der Waals surface area (Å²) in [6.45, 7) is 12.9. The Bertz CT molecular complexity index is 469. The Balaban J connectivity index is 2.29. The van der Waals surface area contributed by atoms with E-state index in [1.807, 2.05) is 0 Å². The minimum absolute atomic E-state index is 0.432. The van der Waals surface area contributed by atoms with E-state index in [0.717, 1.165) is 24.3 Å². The lowest BCUT2D eigenvalue weighted by Crippen LogP contribution is -2.35. The van der Waals surface area contributed by atoms with Gasteiger partial charge in [-0.05, 0) is 81.0 Å². The Labute approximate surface area is 131 Å². The van der Waals surface area contributed by atoms with Crippen molar-refractivity contribution in [1.29, 1.82) is 0 Å². The van der Waals surface area contributed by atoms with Gasteiger partial charge in [-0.3, -0.25) is 0 Å². The zero-order valence-electron chi connectivity index (χ0n) is 14.8. The van der Waals surface area contributed by atoms with Gasteiger partial charge in [-0.15, -0.1) is 0 Å². The third kappa shape index (κ3) is 3.88. The molecule has 3 unspecified atom stereocenters. The quantitative estimate of drug-likeness (QED) is 0.818. The normalized spacial score (nSPS) is 26.9. The van der Waals surface area contributed by atoms with Gasteiger partial charge in [-0.1, -0.05) is 44.5 Å². The molecule has 118 valence electrons. The summed E-state index contributed by atoms with van der Waals surface area (Å²) >= 11 is 0. The van der Waals surface area contributed by atoms with Gasteiger partial charge in [0.05, 0.1) is 0 Å². The summed E-state index contributed by atoms with van der Waals surface area (Å²) in [5.74, 6) is 2.35. The zero-order chi connectivity index (χ0) is 15.6. The van der Waals surface area contributed by atoms with Gasteiger partial charge in [0.1, 0.15) is 0 Å². The fraction of sp³-hybridized carbons (Fsp3) is 0.700. The van der Waals surface area contributed by atoms with Crippen molar-refractivity contribution in [1.82, 2.24) is 5.32 Å². The van der Waals surface area contributed by atoms with Crippen LogP contribution in [0.15, 0.2) is 18.2 Å². The maximum absolute atomic E-state index is 3.42. The van der Waals surface area contributed by atoms with Gasteiger partial charge in [-0.25, -0.2) is 0 Å². The molecule has 1 N–H and O–H groups in total. The fourth-order valence-electron chi connectivity index (χ4n) is 4.15. The van der Waals surface area contributed by atoms with Crippen LogP contribution in [0.25, 0.3) is 0 Å². The third-order valence-electron chi connectivity index (χ3n) is 5.51. The van der Waals surface area contributed by atoms with Gasteiger partial charge in [-0.2, -0.15) is 0 Å². The molecule has 1 nitrogen and oxygen atoms in total. The van der Waals surface area contributed by atoms with Crippen molar-refractivity contribution in [3.05, 3.63) is 34.9 Å². The van der Waals surface area contributed by atoms with Crippen molar-refractivity contribution in [3.8, 4) is 0 Å². The molecule has 1 aliphatic carbocycles. The Morgan fingerprint density at radius 1 is 1.14 bits per heavy atom. The van der Waals surface area contributed by atoms with E-state index < -0.39 is 0 Å². The fourth-order valence-corrected chi connectivity index (χ4v) is 4.15. The molecule has 1 saturated carbocycles. The third-order valence-corrected chi connectivity index (χ3v) is 5.51. The van der Waals surface area contributed by atoms with Crippen molar-refractivity contribution in [2.45, 2.75) is 59.8 Å². The van der Waals surface area contributed by atoms with Crippen LogP contribution >= 0.6 is 0 Å². The first-order valence-corrected chi connectivity index (χ1v) is 8.54. The van der Waals surface area contributed by atoms with E-state index in [9.17, 15) is 0 Å². The summed E-state index contributed by atoms with van der Waals surface area (Å²) in [5, 5.41) is 3.42. The van der Waals surface area contributed by atoms with E-state index in [2.05, 4.69) is 65.2 Å². The monoisotopic (exact) mass is 287 g/mol. The van der Waals surface area contributed by atoms with Crippen molar-refractivity contribution >= 4 is 0 Å². The molecule has 0 aliphatic heterocycles. The molecule has 3 atom stereocenters. The molecule has 2 rings (SSSR count). The molecule has 0 aromatic heterocycles. The second kappa shape index (κ2) is 6.52. The lowest BCUT2D eigenvalue weighted by molar-refractivity contribution is 0.130. The summed E-state index contributed by atoms with van der Waals surface area (Å²) in [4.78, 5) is 0. The summed E-state index contributed by atoms with van der Waals surface area (Å²) < 4.78 is 0. The molecule has 0 bridgehead atoms. The average molecular weight is 287 g/mol. The van der Waals surface area contributed by atoms with Gasteiger partial charge >= 0.3 is 0 Å². The summed E-state index contributed by atoms with van der Waals surface area (Å²) in [7, 11) is 2.09. The largest absolute Gasteiger partial charge is 0.319 e. The molecule has 1 heteroatoms. The van der Waals surface area contributed by atoms with Gasteiger partial charge in [0.2, 0.25) is 0 Å². The van der Waals surface area contributed by atoms with Gasteiger partial charge in [0.15, 0.2) is 0 Å². The molecule has 0 radical (unpaired) electrons. The minimum atomic E-state index is 0.432. The number of aryl methyl sites for hydroxylation is 2. The van der Waals surface area contributed by atoms with Gasteiger partial charge < -0.3 is 5.32 Å². The van der Waals surface area contributed by atoms with E-state index in [-0.39, 0.29) is 0 Å². The Morgan fingerprint density at radius 3 is 2.43 bits per heavy atom. The standard InChI is InChI=1S/C20H33N/c1-14-7-10-18(15(2)11-14)19-12-17(20(3,4)5)9-8-16(19)13-21-6/h7,10-11,16-17,19,21H,8-9,12-13H2,1-6H3. The van der Waals surface area contributed by atoms with Crippen LogP contribution in [-0.2, 0) is 0 Å². The van der Waals surface area contributed by atoms with Crippen molar-refractivity contribution < 1.29 is 0 Å². The number of hydrogen-bond acceptors (Lipinski definition) is 1. The number of hydrogen-bond donors (Lipinski definition) is 1. The van der Waals surface area contributed by atoms with E-state index in [4.69, 9.17) is 0 Å². The highest BCUT2D eigenvalue weighted by Crippen LogP contribution is 2.47. The van der Waals surface area contributed by atoms with Crippen LogP contribution in [0.3, 0.4) is 0 Å². The van der Waals surface area contributed by atoms with E-state index in [1.54, 1.807) is 5.56 Å². The molecular weight excluding hydrogens is 254 g/mol. The molecular formula is C20H33N. The first-order chi connectivity index (χ1) is 9.82. The predicted octanol–water partition coefficient (Wildman–Crippen LogP) is 5.07. The Hall–Kier alpha value is -0.820. The number of rotatable bonds is 3. The number of nitrogens with one attached hydrogen (secondary N) is 1. The van der Waals surface area contributed by atoms with Gasteiger partial charge in [0, 0.05) is 0 Å². The molecule has 1 aromatic rings. The first-order valence-electron chi connectivity index (χ1n) is 8.54. The van der Waals surface area contributed by atoms with Crippen LogP contribution in [0, 0.1) is 31.1 Å². The van der Waals surface area contributed by atoms with E-state index >= 15 is 0 Å². The van der Waals surface area contributed by atoms with E-state index in [1.165, 1.54) is 30.4 Å². The van der Waals surface area contributed by atoms with Crippen LogP contribution in [0.2, 0.25) is 0 Å². The SMILES string of the molecule is CNCC1CCC(C(C)(C)C)CC1c1ccc(C)cc1C. The average Bonchev–Trinajstić information content (AvgIpc) is 2.39. The smallest absolute Gasteiger partial charge is 0.00177 e. The molecule has 0 heterocycles. The lowest BCUT2D eigenvalue weighted by Gasteiger charge is -2.42. The molecule has 1 aromatic carbocycles. The Kier molecular flexibility index (Phi) is 5.14. The van der Waals surface area contributed by atoms with Crippen LogP contribution in [0.1, 0.15) is 62.6 Å². The highest BCUT2D eigenvalue weighted by Gasteiger charge is 2.36. The second-order valence-corrected chi connectivity index (χ2v) is 8.16. The highest BCUT2D eigenvalue weighted by molar-refractivity contribution is 5.34. The molecule has 1 fully saturated rings. The summed E-state index contributed by atoms with van der Waals surface area (Å²) in [6.07, 6.45) is 4.10.